The fraction of sp³-hybridized carbons (Fsp3) is 1.00. The summed E-state index contributed by atoms with van der Waals surface area (Å²) in [5, 5.41) is 8.75. The lowest BCUT2D eigenvalue weighted by atomic mass is 10.7. The van der Waals surface area contributed by atoms with Gasteiger partial charge in [-0.3, -0.25) is 0 Å². The number of rotatable bonds is 6. The van der Waals surface area contributed by atoms with Crippen LogP contribution in [0.3, 0.4) is 0 Å². The van der Waals surface area contributed by atoms with Crippen LogP contribution < -0.4 is 0 Å². The fourth-order valence-corrected chi connectivity index (χ4v) is 0.394. The molecular weight excluding hydrogens is 154 g/mol. The summed E-state index contributed by atoms with van der Waals surface area (Å²) in [7, 11) is 1.49. The molecule has 1 atom stereocenters. The highest BCUT2D eigenvalue weighted by Crippen LogP contribution is 1.89. The Morgan fingerprint density at radius 2 is 2.18 bits per heavy atom. The highest BCUT2D eigenvalue weighted by Gasteiger charge is 1.99. The summed E-state index contributed by atoms with van der Waals surface area (Å²) in [4.78, 5) is 13.6. The molecule has 0 heterocycles. The van der Waals surface area contributed by atoms with Gasteiger partial charge in [0.05, 0.1) is 6.61 Å². The molecule has 0 fully saturated rings. The molecule has 0 rings (SSSR count). The van der Waals surface area contributed by atoms with E-state index in [1.807, 2.05) is 0 Å². The maximum absolute atomic E-state index is 9.61. The molecule has 0 N–H and O–H groups in total. The number of hydrogen-bond acceptors (Lipinski definition) is 5. The zero-order valence-corrected chi connectivity index (χ0v) is 6.48. The van der Waals surface area contributed by atoms with Crippen LogP contribution in [-0.2, 0) is 14.3 Å². The van der Waals surface area contributed by atoms with Gasteiger partial charge >= 0.3 is 0 Å². The van der Waals surface area contributed by atoms with E-state index in [1.54, 1.807) is 6.92 Å². The Balaban J connectivity index is 3.08. The Morgan fingerprint density at radius 1 is 1.55 bits per heavy atom. The Morgan fingerprint density at radius 3 is 2.64 bits per heavy atom. The first-order valence-corrected chi connectivity index (χ1v) is 3.08. The second-order valence-corrected chi connectivity index (χ2v) is 1.73. The highest BCUT2D eigenvalue weighted by molar-refractivity contribution is 4.28. The van der Waals surface area contributed by atoms with Crippen LogP contribution in [0, 0.1) is 10.1 Å². The molecule has 11 heavy (non-hydrogen) atoms. The SMILES string of the molecule is COC(C)OCCO[N+](=O)[O-]. The summed E-state index contributed by atoms with van der Waals surface area (Å²) < 4.78 is 9.60. The third-order valence-electron chi connectivity index (χ3n) is 0.965. The second-order valence-electron chi connectivity index (χ2n) is 1.73. The quantitative estimate of drug-likeness (QED) is 0.243. The fourth-order valence-electron chi connectivity index (χ4n) is 0.394. The first-order valence-electron chi connectivity index (χ1n) is 3.08. The predicted octanol–water partition coefficient (Wildman–Crippen LogP) is 0.204. The predicted molar refractivity (Wildman–Crippen MR) is 35.4 cm³/mol. The third kappa shape index (κ3) is 7.01. The standard InChI is InChI=1S/C5H11NO5/c1-5(9-2)10-3-4-11-6(7)8/h5H,3-4H2,1-2H3. The van der Waals surface area contributed by atoms with Crippen molar-refractivity contribution in [1.82, 2.24) is 0 Å². The Hall–Kier alpha value is -0.880. The average molecular weight is 165 g/mol. The molecule has 0 aromatic heterocycles. The van der Waals surface area contributed by atoms with Gasteiger partial charge in [0.1, 0.15) is 6.61 Å². The van der Waals surface area contributed by atoms with E-state index in [9.17, 15) is 10.1 Å². The topological polar surface area (TPSA) is 70.8 Å². The van der Waals surface area contributed by atoms with Crippen LogP contribution >= 0.6 is 0 Å². The molecule has 0 aliphatic rings. The highest BCUT2D eigenvalue weighted by atomic mass is 17.0. The van der Waals surface area contributed by atoms with E-state index >= 15 is 0 Å². The van der Waals surface area contributed by atoms with E-state index in [0.717, 1.165) is 0 Å². The summed E-state index contributed by atoms with van der Waals surface area (Å²) in [6.45, 7) is 1.77. The lowest BCUT2D eigenvalue weighted by molar-refractivity contribution is -0.758. The van der Waals surface area contributed by atoms with Crippen molar-refractivity contribution in [3.8, 4) is 0 Å². The van der Waals surface area contributed by atoms with Gasteiger partial charge in [0.15, 0.2) is 6.29 Å². The summed E-state index contributed by atoms with van der Waals surface area (Å²) in [5.74, 6) is 0. The van der Waals surface area contributed by atoms with Crippen LogP contribution in [0.5, 0.6) is 0 Å². The van der Waals surface area contributed by atoms with E-state index in [1.165, 1.54) is 7.11 Å². The molecule has 0 aromatic rings. The van der Waals surface area contributed by atoms with Gasteiger partial charge in [0.2, 0.25) is 0 Å². The van der Waals surface area contributed by atoms with Gasteiger partial charge in [0, 0.05) is 7.11 Å². The van der Waals surface area contributed by atoms with Gasteiger partial charge in [-0.15, -0.1) is 10.1 Å². The summed E-state index contributed by atoms with van der Waals surface area (Å²) in [5.41, 5.74) is 0. The number of ether oxygens (including phenoxy) is 2. The molecule has 66 valence electrons. The van der Waals surface area contributed by atoms with Gasteiger partial charge in [-0.05, 0) is 6.92 Å². The van der Waals surface area contributed by atoms with Gasteiger partial charge in [-0.2, -0.15) is 0 Å². The van der Waals surface area contributed by atoms with E-state index in [2.05, 4.69) is 4.84 Å². The molecule has 0 aromatic carbocycles. The van der Waals surface area contributed by atoms with Crippen molar-refractivity contribution in [2.24, 2.45) is 0 Å². The maximum atomic E-state index is 9.61. The number of hydrogen-bond donors (Lipinski definition) is 0. The molecule has 0 saturated heterocycles. The molecule has 0 spiro atoms. The summed E-state index contributed by atoms with van der Waals surface area (Å²) >= 11 is 0. The average Bonchev–Trinajstić information content (AvgIpc) is 1.97. The van der Waals surface area contributed by atoms with Crippen molar-refractivity contribution in [2.75, 3.05) is 20.3 Å². The lowest BCUT2D eigenvalue weighted by Crippen LogP contribution is -2.15. The monoisotopic (exact) mass is 165 g/mol. The van der Waals surface area contributed by atoms with Crippen molar-refractivity contribution in [1.29, 1.82) is 0 Å². The zero-order chi connectivity index (χ0) is 8.69. The van der Waals surface area contributed by atoms with Gasteiger partial charge in [-0.25, -0.2) is 0 Å². The Labute approximate surface area is 64.1 Å². The molecule has 0 bridgehead atoms. The molecule has 6 nitrogen and oxygen atoms in total. The van der Waals surface area contributed by atoms with E-state index < -0.39 is 5.09 Å². The molecule has 0 saturated carbocycles. The minimum atomic E-state index is -0.860. The number of nitrogens with zero attached hydrogens (tertiary/aromatic N) is 1. The van der Waals surface area contributed by atoms with Crippen LogP contribution in [-0.4, -0.2) is 31.7 Å². The zero-order valence-electron chi connectivity index (χ0n) is 6.48. The van der Waals surface area contributed by atoms with Crippen LogP contribution in [0.25, 0.3) is 0 Å². The van der Waals surface area contributed by atoms with Crippen LogP contribution in [0.4, 0.5) is 0 Å². The summed E-state index contributed by atoms with van der Waals surface area (Å²) in [6, 6.07) is 0. The first kappa shape index (κ1) is 10.1. The molecule has 6 heteroatoms. The van der Waals surface area contributed by atoms with Crippen LogP contribution in [0.1, 0.15) is 6.92 Å². The molecule has 0 aliphatic heterocycles. The molecule has 0 amide bonds. The minimum Gasteiger partial charge on any atom is -0.356 e. The maximum Gasteiger partial charge on any atom is 0.294 e. The minimum absolute atomic E-state index is 0.0688. The van der Waals surface area contributed by atoms with Crippen molar-refractivity contribution in [3.05, 3.63) is 10.1 Å². The van der Waals surface area contributed by atoms with Gasteiger partial charge < -0.3 is 14.3 Å². The Kier molecular flexibility index (Phi) is 5.40. The Bertz CT molecular complexity index is 117. The van der Waals surface area contributed by atoms with Gasteiger partial charge in [0.25, 0.3) is 5.09 Å². The largest absolute Gasteiger partial charge is 0.356 e. The molecule has 0 radical (unpaired) electrons. The van der Waals surface area contributed by atoms with Crippen LogP contribution in [0.15, 0.2) is 0 Å². The first-order chi connectivity index (χ1) is 5.16. The summed E-state index contributed by atoms with van der Waals surface area (Å²) in [6.07, 6.45) is -0.356. The molecule has 0 aliphatic carbocycles. The smallest absolute Gasteiger partial charge is 0.294 e. The van der Waals surface area contributed by atoms with E-state index in [0.29, 0.717) is 0 Å². The number of methoxy groups -OCH3 is 1. The van der Waals surface area contributed by atoms with Crippen molar-refractivity contribution < 1.29 is 19.4 Å². The molecule has 1 unspecified atom stereocenters. The van der Waals surface area contributed by atoms with Crippen LogP contribution in [0.2, 0.25) is 0 Å². The van der Waals surface area contributed by atoms with Gasteiger partial charge in [-0.1, -0.05) is 0 Å². The second kappa shape index (κ2) is 5.87. The van der Waals surface area contributed by atoms with E-state index in [4.69, 9.17) is 9.47 Å². The van der Waals surface area contributed by atoms with Crippen molar-refractivity contribution in [2.45, 2.75) is 13.2 Å². The lowest BCUT2D eigenvalue weighted by Gasteiger charge is -2.09. The van der Waals surface area contributed by atoms with E-state index in [-0.39, 0.29) is 19.5 Å². The van der Waals surface area contributed by atoms with Crippen molar-refractivity contribution in [3.63, 3.8) is 0 Å². The third-order valence-corrected chi connectivity index (χ3v) is 0.965. The van der Waals surface area contributed by atoms with Crippen molar-refractivity contribution >= 4 is 0 Å². The normalized spacial score (nSPS) is 12.5. The molecular formula is C5H11NO5.